The highest BCUT2D eigenvalue weighted by Crippen LogP contribution is 2.29. The minimum absolute atomic E-state index is 0.496. The van der Waals surface area contributed by atoms with Crippen LogP contribution in [0.15, 0.2) is 61.2 Å². The molecule has 5 aromatic rings. The number of fused-ring (bicyclic) bond motifs is 1. The smallest absolute Gasteiger partial charge is 0.238 e. The van der Waals surface area contributed by atoms with Crippen LogP contribution in [0.25, 0.3) is 28.0 Å². The SMILES string of the molecule is COc1nc(-c2cc(C)c(Nc3c[nH]c4ccccc34)nn2)ccc1-n1cnc(C)c1. The average Bonchev–Trinajstić information content (AvgIpc) is 3.41. The molecule has 0 spiro atoms. The first kappa shape index (κ1) is 18.8. The lowest BCUT2D eigenvalue weighted by atomic mass is 10.2. The van der Waals surface area contributed by atoms with Crippen LogP contribution in [-0.2, 0) is 0 Å². The molecule has 0 saturated heterocycles. The maximum Gasteiger partial charge on any atom is 0.238 e. The van der Waals surface area contributed by atoms with Gasteiger partial charge in [0.05, 0.1) is 30.5 Å². The molecule has 0 bridgehead atoms. The molecule has 0 atom stereocenters. The summed E-state index contributed by atoms with van der Waals surface area (Å²) in [7, 11) is 1.60. The third-order valence-corrected chi connectivity index (χ3v) is 5.11. The predicted molar refractivity (Wildman–Crippen MR) is 120 cm³/mol. The van der Waals surface area contributed by atoms with Crippen molar-refractivity contribution in [3.8, 4) is 23.0 Å². The zero-order valence-corrected chi connectivity index (χ0v) is 17.4. The summed E-state index contributed by atoms with van der Waals surface area (Å²) in [6, 6.07) is 13.9. The third kappa shape index (κ3) is 3.48. The average molecular weight is 411 g/mol. The molecular weight excluding hydrogens is 390 g/mol. The molecule has 0 saturated carbocycles. The minimum atomic E-state index is 0.496. The predicted octanol–water partition coefficient (Wildman–Crippen LogP) is 4.57. The fourth-order valence-electron chi connectivity index (χ4n) is 3.51. The molecule has 0 aliphatic rings. The Morgan fingerprint density at radius 1 is 1.03 bits per heavy atom. The number of hydrogen-bond donors (Lipinski definition) is 2. The fraction of sp³-hybridized carbons (Fsp3) is 0.130. The van der Waals surface area contributed by atoms with Gasteiger partial charge < -0.3 is 19.6 Å². The number of pyridine rings is 1. The number of ether oxygens (including phenoxy) is 1. The zero-order chi connectivity index (χ0) is 21.4. The van der Waals surface area contributed by atoms with Gasteiger partial charge in [0.25, 0.3) is 0 Å². The van der Waals surface area contributed by atoms with Gasteiger partial charge in [0.2, 0.25) is 5.88 Å². The quantitative estimate of drug-likeness (QED) is 0.440. The van der Waals surface area contributed by atoms with Crippen LogP contribution in [0, 0.1) is 13.8 Å². The second-order valence-electron chi connectivity index (χ2n) is 7.28. The van der Waals surface area contributed by atoms with Gasteiger partial charge in [-0.1, -0.05) is 18.2 Å². The first-order valence-electron chi connectivity index (χ1n) is 9.86. The highest BCUT2D eigenvalue weighted by atomic mass is 16.5. The Bertz CT molecular complexity index is 1390. The highest BCUT2D eigenvalue weighted by molar-refractivity contribution is 5.93. The van der Waals surface area contributed by atoms with Gasteiger partial charge in [-0.3, -0.25) is 0 Å². The van der Waals surface area contributed by atoms with Crippen LogP contribution in [-0.4, -0.2) is 36.8 Å². The van der Waals surface area contributed by atoms with Crippen LogP contribution in [0.4, 0.5) is 11.5 Å². The molecule has 0 radical (unpaired) electrons. The standard InChI is InChI=1S/C23H21N7O/c1-14-10-19(18-8-9-21(23(27-18)31-3)30-12-15(2)25-13-30)28-29-22(14)26-20-11-24-17-7-5-4-6-16(17)20/h4-13,24H,1-3H3,(H,26,29). The second kappa shape index (κ2) is 7.56. The number of nitrogens with zero attached hydrogens (tertiary/aromatic N) is 5. The number of aromatic amines is 1. The fourth-order valence-corrected chi connectivity index (χ4v) is 3.51. The summed E-state index contributed by atoms with van der Waals surface area (Å²) in [5.74, 6) is 1.20. The van der Waals surface area contributed by atoms with Crippen LogP contribution in [0.3, 0.4) is 0 Å². The number of methoxy groups -OCH3 is 1. The Labute approximate surface area is 179 Å². The monoisotopic (exact) mass is 411 g/mol. The summed E-state index contributed by atoms with van der Waals surface area (Å²) < 4.78 is 7.40. The lowest BCUT2D eigenvalue weighted by Gasteiger charge is -2.11. The van der Waals surface area contributed by atoms with E-state index in [2.05, 4.69) is 36.5 Å². The van der Waals surface area contributed by atoms with Crippen LogP contribution >= 0.6 is 0 Å². The molecule has 2 N–H and O–H groups in total. The summed E-state index contributed by atoms with van der Waals surface area (Å²) in [5, 5.41) is 13.3. The van der Waals surface area contributed by atoms with E-state index in [0.29, 0.717) is 23.1 Å². The molecule has 1 aromatic carbocycles. The summed E-state index contributed by atoms with van der Waals surface area (Å²) in [6.45, 7) is 3.93. The van der Waals surface area contributed by atoms with Gasteiger partial charge in [0, 0.05) is 23.3 Å². The molecule has 4 heterocycles. The number of H-pyrrole nitrogens is 1. The molecule has 8 nitrogen and oxygen atoms in total. The van der Waals surface area contributed by atoms with Gasteiger partial charge in [-0.15, -0.1) is 10.2 Å². The molecule has 31 heavy (non-hydrogen) atoms. The highest BCUT2D eigenvalue weighted by Gasteiger charge is 2.13. The molecule has 8 heteroatoms. The maximum atomic E-state index is 5.51. The van der Waals surface area contributed by atoms with Crippen molar-refractivity contribution in [2.75, 3.05) is 12.4 Å². The number of anilines is 2. The van der Waals surface area contributed by atoms with Crippen LogP contribution in [0.2, 0.25) is 0 Å². The first-order chi connectivity index (χ1) is 15.1. The van der Waals surface area contributed by atoms with Crippen molar-refractivity contribution in [2.24, 2.45) is 0 Å². The summed E-state index contributed by atoms with van der Waals surface area (Å²) >= 11 is 0. The molecule has 5 rings (SSSR count). The van der Waals surface area contributed by atoms with Crippen molar-refractivity contribution < 1.29 is 4.74 Å². The number of rotatable bonds is 5. The van der Waals surface area contributed by atoms with Gasteiger partial charge in [-0.25, -0.2) is 9.97 Å². The van der Waals surface area contributed by atoms with Crippen molar-refractivity contribution in [1.82, 2.24) is 29.7 Å². The lowest BCUT2D eigenvalue weighted by Crippen LogP contribution is -2.02. The summed E-state index contributed by atoms with van der Waals surface area (Å²) in [4.78, 5) is 12.2. The third-order valence-electron chi connectivity index (χ3n) is 5.11. The Balaban J connectivity index is 1.45. The topological polar surface area (TPSA) is 93.5 Å². The first-order valence-corrected chi connectivity index (χ1v) is 9.86. The molecule has 0 aliphatic heterocycles. The number of benzene rings is 1. The Morgan fingerprint density at radius 2 is 1.90 bits per heavy atom. The summed E-state index contributed by atoms with van der Waals surface area (Å²) in [5.41, 5.74) is 6.09. The van der Waals surface area contributed by atoms with Crippen molar-refractivity contribution in [3.63, 3.8) is 0 Å². The van der Waals surface area contributed by atoms with Crippen LogP contribution in [0.1, 0.15) is 11.3 Å². The maximum absolute atomic E-state index is 5.51. The van der Waals surface area contributed by atoms with Crippen LogP contribution < -0.4 is 10.1 Å². The number of aromatic nitrogens is 6. The largest absolute Gasteiger partial charge is 0.479 e. The number of hydrogen-bond acceptors (Lipinski definition) is 6. The van der Waals surface area contributed by atoms with Crippen molar-refractivity contribution in [1.29, 1.82) is 0 Å². The van der Waals surface area contributed by atoms with Gasteiger partial charge >= 0.3 is 0 Å². The van der Waals surface area contributed by atoms with Crippen molar-refractivity contribution >= 4 is 22.4 Å². The van der Waals surface area contributed by atoms with Gasteiger partial charge in [-0.2, -0.15) is 0 Å². The minimum Gasteiger partial charge on any atom is -0.479 e. The number of imidazole rings is 1. The summed E-state index contributed by atoms with van der Waals surface area (Å²) in [6.07, 6.45) is 5.60. The normalized spacial score (nSPS) is 11.1. The van der Waals surface area contributed by atoms with E-state index in [9.17, 15) is 0 Å². The molecule has 0 amide bonds. The molecule has 0 aliphatic carbocycles. The van der Waals surface area contributed by atoms with E-state index in [4.69, 9.17) is 4.74 Å². The number of para-hydroxylation sites is 1. The molecule has 154 valence electrons. The Kier molecular flexibility index (Phi) is 4.59. The van der Waals surface area contributed by atoms with E-state index in [0.717, 1.165) is 33.5 Å². The van der Waals surface area contributed by atoms with E-state index in [1.807, 2.05) is 67.2 Å². The Hall–Kier alpha value is -4.20. The Morgan fingerprint density at radius 3 is 2.68 bits per heavy atom. The second-order valence-corrected chi connectivity index (χ2v) is 7.28. The molecule has 0 unspecified atom stereocenters. The molecule has 0 fully saturated rings. The van der Waals surface area contributed by atoms with E-state index in [1.54, 1.807) is 13.4 Å². The van der Waals surface area contributed by atoms with Crippen molar-refractivity contribution in [3.05, 3.63) is 72.4 Å². The van der Waals surface area contributed by atoms with Crippen molar-refractivity contribution in [2.45, 2.75) is 13.8 Å². The van der Waals surface area contributed by atoms with Gasteiger partial charge in [0.15, 0.2) is 5.82 Å². The zero-order valence-electron chi connectivity index (χ0n) is 17.4. The molecule has 4 aromatic heterocycles. The molecular formula is C23H21N7O. The van der Waals surface area contributed by atoms with Crippen LogP contribution in [0.5, 0.6) is 5.88 Å². The van der Waals surface area contributed by atoms with Gasteiger partial charge in [0.1, 0.15) is 11.4 Å². The lowest BCUT2D eigenvalue weighted by molar-refractivity contribution is 0.396. The number of aryl methyl sites for hydroxylation is 2. The van der Waals surface area contributed by atoms with E-state index < -0.39 is 0 Å². The van der Waals surface area contributed by atoms with E-state index in [-0.39, 0.29) is 0 Å². The van der Waals surface area contributed by atoms with E-state index in [1.165, 1.54) is 0 Å². The van der Waals surface area contributed by atoms with Gasteiger partial charge in [-0.05, 0) is 43.7 Å². The van der Waals surface area contributed by atoms with E-state index >= 15 is 0 Å². The number of nitrogens with one attached hydrogen (secondary N) is 2.